The number of H-pyrrole nitrogens is 1. The van der Waals surface area contributed by atoms with Crippen molar-refractivity contribution in [3.05, 3.63) is 40.3 Å². The molecule has 0 spiro atoms. The molecular formula is C10H12N3O4+. The summed E-state index contributed by atoms with van der Waals surface area (Å²) in [6, 6.07) is 3.20. The fourth-order valence-corrected chi connectivity index (χ4v) is 1.42. The van der Waals surface area contributed by atoms with Gasteiger partial charge in [0.05, 0.1) is 6.26 Å². The molecule has 7 nitrogen and oxygen atoms in total. The van der Waals surface area contributed by atoms with Crippen LogP contribution in [0.25, 0.3) is 0 Å². The lowest BCUT2D eigenvalue weighted by molar-refractivity contribution is -0.746. The number of aromatic amines is 1. The highest BCUT2D eigenvalue weighted by Crippen LogP contribution is 2.05. The minimum atomic E-state index is -0.494. The number of furan rings is 1. The van der Waals surface area contributed by atoms with E-state index >= 15 is 0 Å². The molecule has 0 aromatic carbocycles. The number of nitrogens with zero attached hydrogens (tertiary/aromatic N) is 2. The van der Waals surface area contributed by atoms with Gasteiger partial charge >= 0.3 is 11.3 Å². The molecule has 0 fully saturated rings. The van der Waals surface area contributed by atoms with Crippen molar-refractivity contribution in [3.63, 3.8) is 0 Å². The second-order valence-corrected chi connectivity index (χ2v) is 3.63. The predicted octanol–water partition coefficient (Wildman–Crippen LogP) is -0.342. The number of aryl methyl sites for hydroxylation is 1. The van der Waals surface area contributed by atoms with Crippen molar-refractivity contribution >= 4 is 5.91 Å². The van der Waals surface area contributed by atoms with Crippen LogP contribution in [0.3, 0.4) is 0 Å². The summed E-state index contributed by atoms with van der Waals surface area (Å²) in [5.41, 5.74) is -0.140. The SMILES string of the molecule is CN(Cc1c(=O)o[nH][n+]1C)C(=O)c1ccco1. The van der Waals surface area contributed by atoms with Crippen LogP contribution in [0.2, 0.25) is 0 Å². The maximum absolute atomic E-state index is 11.8. The van der Waals surface area contributed by atoms with Gasteiger partial charge in [-0.05, 0) is 17.4 Å². The van der Waals surface area contributed by atoms with E-state index in [0.717, 1.165) is 0 Å². The Labute approximate surface area is 96.2 Å². The third-order valence-electron chi connectivity index (χ3n) is 2.38. The lowest BCUT2D eigenvalue weighted by Crippen LogP contribution is -2.40. The van der Waals surface area contributed by atoms with Gasteiger partial charge in [-0.15, -0.1) is 0 Å². The first-order valence-corrected chi connectivity index (χ1v) is 4.95. The fourth-order valence-electron chi connectivity index (χ4n) is 1.42. The molecule has 0 unspecified atom stereocenters. The van der Waals surface area contributed by atoms with E-state index in [0.29, 0.717) is 5.69 Å². The third kappa shape index (κ3) is 2.12. The Hall–Kier alpha value is -2.31. The van der Waals surface area contributed by atoms with Gasteiger partial charge in [0.1, 0.15) is 6.54 Å². The van der Waals surface area contributed by atoms with Gasteiger partial charge < -0.3 is 9.32 Å². The van der Waals surface area contributed by atoms with Crippen LogP contribution in [0, 0.1) is 0 Å². The second-order valence-electron chi connectivity index (χ2n) is 3.63. The van der Waals surface area contributed by atoms with Crippen LogP contribution in [0.4, 0.5) is 0 Å². The topological polar surface area (TPSA) is 83.3 Å². The average molecular weight is 238 g/mol. The van der Waals surface area contributed by atoms with Gasteiger partial charge in [-0.2, -0.15) is 0 Å². The summed E-state index contributed by atoms with van der Waals surface area (Å²) in [5.74, 6) is -0.0642. The van der Waals surface area contributed by atoms with Crippen molar-refractivity contribution in [3.8, 4) is 0 Å². The Bertz CT molecular complexity index is 567. The number of hydrogen-bond donors (Lipinski definition) is 1. The second kappa shape index (κ2) is 4.28. The van der Waals surface area contributed by atoms with Crippen LogP contribution in [0.1, 0.15) is 16.2 Å². The maximum Gasteiger partial charge on any atom is 0.431 e. The van der Waals surface area contributed by atoms with Gasteiger partial charge in [-0.25, -0.2) is 4.79 Å². The van der Waals surface area contributed by atoms with Crippen LogP contribution in [-0.2, 0) is 13.6 Å². The van der Waals surface area contributed by atoms with E-state index in [1.165, 1.54) is 15.8 Å². The van der Waals surface area contributed by atoms with E-state index in [1.807, 2.05) is 0 Å². The third-order valence-corrected chi connectivity index (χ3v) is 2.38. The molecule has 90 valence electrons. The van der Waals surface area contributed by atoms with Crippen molar-refractivity contribution in [1.29, 1.82) is 0 Å². The first-order valence-electron chi connectivity index (χ1n) is 4.95. The number of hydrogen-bond acceptors (Lipinski definition) is 4. The van der Waals surface area contributed by atoms with Gasteiger partial charge in [0, 0.05) is 7.05 Å². The summed E-state index contributed by atoms with van der Waals surface area (Å²) in [6.45, 7) is 0.141. The predicted molar refractivity (Wildman–Crippen MR) is 55.0 cm³/mol. The fraction of sp³-hybridized carbons (Fsp3) is 0.300. The lowest BCUT2D eigenvalue weighted by Gasteiger charge is -2.11. The standard InChI is InChI=1S/C10H11N3O4/c1-12(9(14)8-4-3-5-16-8)6-7-10(15)17-11-13(7)2/h3-5H,6H2,1-2H3/p+1. The molecular weight excluding hydrogens is 226 g/mol. The summed E-state index contributed by atoms with van der Waals surface area (Å²) in [7, 11) is 3.21. The Morgan fingerprint density at radius 3 is 2.88 bits per heavy atom. The van der Waals surface area contributed by atoms with Gasteiger partial charge in [0.15, 0.2) is 12.8 Å². The molecule has 1 N–H and O–H groups in total. The average Bonchev–Trinajstić information content (AvgIpc) is 2.93. The molecule has 2 aromatic heterocycles. The zero-order chi connectivity index (χ0) is 12.4. The van der Waals surface area contributed by atoms with Crippen molar-refractivity contribution < 1.29 is 18.4 Å². The van der Waals surface area contributed by atoms with Crippen molar-refractivity contribution in [2.75, 3.05) is 7.05 Å². The molecule has 0 aliphatic heterocycles. The van der Waals surface area contributed by atoms with Crippen LogP contribution in [0.5, 0.6) is 0 Å². The molecule has 2 aromatic rings. The molecule has 2 heterocycles. The molecule has 7 heteroatoms. The number of amides is 1. The highest BCUT2D eigenvalue weighted by atomic mass is 16.5. The summed E-state index contributed by atoms with van der Waals surface area (Å²) in [5, 5.41) is 2.38. The summed E-state index contributed by atoms with van der Waals surface area (Å²) in [4.78, 5) is 24.5. The lowest BCUT2D eigenvalue weighted by atomic mass is 10.3. The van der Waals surface area contributed by atoms with E-state index < -0.39 is 5.63 Å². The van der Waals surface area contributed by atoms with Crippen LogP contribution in [-0.4, -0.2) is 23.1 Å². The molecule has 0 aliphatic carbocycles. The first-order chi connectivity index (χ1) is 8.09. The largest absolute Gasteiger partial charge is 0.459 e. The van der Waals surface area contributed by atoms with Gasteiger partial charge in [-0.1, -0.05) is 4.68 Å². The molecule has 0 bridgehead atoms. The van der Waals surface area contributed by atoms with E-state index in [2.05, 4.69) is 9.79 Å². The highest BCUT2D eigenvalue weighted by molar-refractivity contribution is 5.91. The Balaban J connectivity index is 2.15. The zero-order valence-corrected chi connectivity index (χ0v) is 9.47. The number of carbonyl (C=O) groups excluding carboxylic acids is 1. The van der Waals surface area contributed by atoms with E-state index in [9.17, 15) is 9.59 Å². The zero-order valence-electron chi connectivity index (χ0n) is 9.47. The first kappa shape index (κ1) is 11.2. The minimum Gasteiger partial charge on any atom is -0.459 e. The molecule has 2 rings (SSSR count). The molecule has 0 aliphatic rings. The molecule has 1 amide bonds. The number of carbonyl (C=O) groups is 1. The van der Waals surface area contributed by atoms with Crippen molar-refractivity contribution in [2.24, 2.45) is 7.05 Å². The summed E-state index contributed by atoms with van der Waals surface area (Å²) < 4.78 is 11.0. The molecule has 0 saturated heterocycles. The number of rotatable bonds is 3. The highest BCUT2D eigenvalue weighted by Gasteiger charge is 2.23. The van der Waals surface area contributed by atoms with Gasteiger partial charge in [0.25, 0.3) is 5.91 Å². The monoisotopic (exact) mass is 238 g/mol. The van der Waals surface area contributed by atoms with Gasteiger partial charge in [-0.3, -0.25) is 9.32 Å². The van der Waals surface area contributed by atoms with Gasteiger partial charge in [0.2, 0.25) is 0 Å². The molecule has 0 saturated carbocycles. The number of aromatic nitrogens is 2. The number of nitrogens with one attached hydrogen (secondary N) is 1. The molecule has 0 atom stereocenters. The smallest absolute Gasteiger partial charge is 0.431 e. The molecule has 0 radical (unpaired) electrons. The van der Waals surface area contributed by atoms with E-state index in [-0.39, 0.29) is 18.2 Å². The Kier molecular flexibility index (Phi) is 2.82. The van der Waals surface area contributed by atoms with E-state index in [4.69, 9.17) is 4.42 Å². The van der Waals surface area contributed by atoms with E-state index in [1.54, 1.807) is 26.2 Å². The van der Waals surface area contributed by atoms with Crippen LogP contribution >= 0.6 is 0 Å². The van der Waals surface area contributed by atoms with Crippen LogP contribution < -0.4 is 10.3 Å². The Morgan fingerprint density at radius 1 is 1.59 bits per heavy atom. The molecule has 17 heavy (non-hydrogen) atoms. The normalized spacial score (nSPS) is 10.5. The van der Waals surface area contributed by atoms with Crippen LogP contribution in [0.15, 0.2) is 32.1 Å². The quantitative estimate of drug-likeness (QED) is 0.741. The van der Waals surface area contributed by atoms with Crippen molar-refractivity contribution in [2.45, 2.75) is 6.54 Å². The minimum absolute atomic E-state index is 0.141. The van der Waals surface area contributed by atoms with Crippen molar-refractivity contribution in [1.82, 2.24) is 10.2 Å². The maximum atomic E-state index is 11.8. The summed E-state index contributed by atoms with van der Waals surface area (Å²) >= 11 is 0. The Morgan fingerprint density at radius 2 is 2.35 bits per heavy atom. The summed E-state index contributed by atoms with van der Waals surface area (Å²) in [6.07, 6.45) is 1.42.